The highest BCUT2D eigenvalue weighted by Crippen LogP contribution is 2.43. The standard InChI is InChI=1S/C27H30N8O4S2/c1-34(2)11-12-35-27(31-32-33-35)41-25-20(15-28)23(18-13-21(37-4)24(39-6)22(14-18)38-5)29-26(30-25)40-16-17-7-9-19(36-3)10-8-17/h7-10,13-14H,11-12,16H2,1-6H3. The quantitative estimate of drug-likeness (QED) is 0.125. The van der Waals surface area contributed by atoms with Crippen LogP contribution in [0.4, 0.5) is 0 Å². The molecule has 4 aromatic rings. The van der Waals surface area contributed by atoms with Crippen LogP contribution in [0.5, 0.6) is 23.0 Å². The molecule has 0 spiro atoms. The Morgan fingerprint density at radius 1 is 0.951 bits per heavy atom. The van der Waals surface area contributed by atoms with Gasteiger partial charge in [0.1, 0.15) is 22.4 Å². The number of methoxy groups -OCH3 is 4. The van der Waals surface area contributed by atoms with E-state index in [-0.39, 0.29) is 5.56 Å². The van der Waals surface area contributed by atoms with Crippen molar-refractivity contribution in [3.05, 3.63) is 47.5 Å². The van der Waals surface area contributed by atoms with Gasteiger partial charge in [0.25, 0.3) is 0 Å². The minimum Gasteiger partial charge on any atom is -0.497 e. The summed E-state index contributed by atoms with van der Waals surface area (Å²) in [7, 11) is 10.2. The van der Waals surface area contributed by atoms with Gasteiger partial charge in [0, 0.05) is 17.9 Å². The second-order valence-electron chi connectivity index (χ2n) is 8.79. The van der Waals surface area contributed by atoms with E-state index in [1.165, 1.54) is 44.9 Å². The molecule has 0 bridgehead atoms. The van der Waals surface area contributed by atoms with E-state index in [4.69, 9.17) is 28.9 Å². The van der Waals surface area contributed by atoms with E-state index in [0.29, 0.717) is 56.1 Å². The predicted octanol–water partition coefficient (Wildman–Crippen LogP) is 4.04. The van der Waals surface area contributed by atoms with Gasteiger partial charge >= 0.3 is 0 Å². The molecule has 4 rings (SSSR count). The Labute approximate surface area is 247 Å². The van der Waals surface area contributed by atoms with Gasteiger partial charge in [-0.1, -0.05) is 23.9 Å². The van der Waals surface area contributed by atoms with Gasteiger partial charge in [0.2, 0.25) is 10.9 Å². The Morgan fingerprint density at radius 2 is 1.66 bits per heavy atom. The van der Waals surface area contributed by atoms with Crippen molar-refractivity contribution in [2.75, 3.05) is 49.1 Å². The molecule has 14 heteroatoms. The molecule has 0 radical (unpaired) electrons. The summed E-state index contributed by atoms with van der Waals surface area (Å²) in [6.45, 7) is 1.32. The second kappa shape index (κ2) is 14.0. The lowest BCUT2D eigenvalue weighted by molar-refractivity contribution is 0.324. The molecule has 0 aliphatic carbocycles. The summed E-state index contributed by atoms with van der Waals surface area (Å²) in [6.07, 6.45) is 0. The van der Waals surface area contributed by atoms with Gasteiger partial charge in [-0.05, 0) is 66.1 Å². The van der Waals surface area contributed by atoms with E-state index < -0.39 is 0 Å². The normalized spacial score (nSPS) is 10.9. The number of rotatable bonds is 13. The number of benzene rings is 2. The van der Waals surface area contributed by atoms with Crippen LogP contribution < -0.4 is 18.9 Å². The largest absolute Gasteiger partial charge is 0.497 e. The molecule has 0 N–H and O–H groups in total. The molecular weight excluding hydrogens is 564 g/mol. The molecule has 0 atom stereocenters. The van der Waals surface area contributed by atoms with Gasteiger partial charge in [-0.25, -0.2) is 14.6 Å². The third-order valence-corrected chi connectivity index (χ3v) is 7.76. The van der Waals surface area contributed by atoms with Gasteiger partial charge < -0.3 is 23.8 Å². The summed E-state index contributed by atoms with van der Waals surface area (Å²) in [5.74, 6) is 2.71. The van der Waals surface area contributed by atoms with Crippen molar-refractivity contribution in [3.63, 3.8) is 0 Å². The smallest absolute Gasteiger partial charge is 0.215 e. The SMILES string of the molecule is COc1ccc(CSc2nc(Sc3nnnn3CCN(C)C)c(C#N)c(-c3cc(OC)c(OC)c(OC)c3)n2)cc1. The molecule has 214 valence electrons. The van der Waals surface area contributed by atoms with Crippen LogP contribution in [0.2, 0.25) is 0 Å². The van der Waals surface area contributed by atoms with E-state index in [0.717, 1.165) is 17.9 Å². The predicted molar refractivity (Wildman–Crippen MR) is 155 cm³/mol. The van der Waals surface area contributed by atoms with Crippen molar-refractivity contribution in [2.24, 2.45) is 0 Å². The average molecular weight is 595 g/mol. The third-order valence-electron chi connectivity index (χ3n) is 5.88. The van der Waals surface area contributed by atoms with Gasteiger partial charge in [-0.15, -0.1) is 5.10 Å². The maximum absolute atomic E-state index is 10.3. The number of ether oxygens (including phenoxy) is 4. The van der Waals surface area contributed by atoms with Gasteiger partial charge in [-0.2, -0.15) is 5.26 Å². The maximum atomic E-state index is 10.3. The van der Waals surface area contributed by atoms with Crippen LogP contribution >= 0.6 is 23.5 Å². The Balaban J connectivity index is 1.80. The van der Waals surface area contributed by atoms with Gasteiger partial charge in [-0.3, -0.25) is 0 Å². The van der Waals surface area contributed by atoms with Crippen molar-refractivity contribution < 1.29 is 18.9 Å². The van der Waals surface area contributed by atoms with Crippen molar-refractivity contribution in [1.82, 2.24) is 35.1 Å². The number of nitrogens with zero attached hydrogens (tertiary/aromatic N) is 8. The summed E-state index contributed by atoms with van der Waals surface area (Å²) in [5, 5.41) is 23.9. The minimum absolute atomic E-state index is 0.278. The first-order chi connectivity index (χ1) is 19.9. The number of aromatic nitrogens is 6. The fourth-order valence-electron chi connectivity index (χ4n) is 3.75. The molecule has 0 saturated carbocycles. The summed E-state index contributed by atoms with van der Waals surface area (Å²) < 4.78 is 23.6. The van der Waals surface area contributed by atoms with Crippen LogP contribution in [0, 0.1) is 11.3 Å². The summed E-state index contributed by atoms with van der Waals surface area (Å²) in [5.41, 5.74) is 2.38. The van der Waals surface area contributed by atoms with Crippen molar-refractivity contribution in [2.45, 2.75) is 27.6 Å². The zero-order chi connectivity index (χ0) is 29.4. The van der Waals surface area contributed by atoms with Crippen LogP contribution in [0.3, 0.4) is 0 Å². The number of likely N-dealkylation sites (N-methyl/N-ethyl adjacent to an activating group) is 1. The molecule has 0 saturated heterocycles. The molecule has 0 aliphatic heterocycles. The highest BCUT2D eigenvalue weighted by molar-refractivity contribution is 7.99. The molecule has 0 aliphatic rings. The summed E-state index contributed by atoms with van der Waals surface area (Å²) in [4.78, 5) is 11.6. The number of nitriles is 1. The van der Waals surface area contributed by atoms with Crippen molar-refractivity contribution >= 4 is 23.5 Å². The lowest BCUT2D eigenvalue weighted by Crippen LogP contribution is -2.19. The molecule has 0 unspecified atom stereocenters. The lowest BCUT2D eigenvalue weighted by atomic mass is 10.1. The molecule has 2 aromatic heterocycles. The zero-order valence-corrected chi connectivity index (χ0v) is 25.2. The van der Waals surface area contributed by atoms with Crippen LogP contribution in [-0.2, 0) is 12.3 Å². The van der Waals surface area contributed by atoms with Crippen LogP contribution in [0.1, 0.15) is 11.1 Å². The zero-order valence-electron chi connectivity index (χ0n) is 23.6. The Hall–Kier alpha value is -4.06. The number of hydrogen-bond donors (Lipinski definition) is 0. The van der Waals surface area contributed by atoms with Crippen LogP contribution in [0.25, 0.3) is 11.3 Å². The van der Waals surface area contributed by atoms with Crippen molar-refractivity contribution in [1.29, 1.82) is 5.26 Å². The Kier molecular flexibility index (Phi) is 10.2. The lowest BCUT2D eigenvalue weighted by Gasteiger charge is -2.16. The molecule has 0 amide bonds. The second-order valence-corrected chi connectivity index (χ2v) is 10.7. The highest BCUT2D eigenvalue weighted by Gasteiger charge is 2.23. The van der Waals surface area contributed by atoms with Crippen molar-refractivity contribution in [3.8, 4) is 40.3 Å². The average Bonchev–Trinajstić information content (AvgIpc) is 3.44. The summed E-state index contributed by atoms with van der Waals surface area (Å²) in [6, 6.07) is 13.6. The summed E-state index contributed by atoms with van der Waals surface area (Å²) >= 11 is 2.67. The monoisotopic (exact) mass is 594 g/mol. The van der Waals surface area contributed by atoms with E-state index >= 15 is 0 Å². The van der Waals surface area contributed by atoms with Crippen LogP contribution in [0.15, 0.2) is 51.7 Å². The van der Waals surface area contributed by atoms with Gasteiger partial charge in [0.15, 0.2) is 16.7 Å². The van der Waals surface area contributed by atoms with E-state index in [9.17, 15) is 5.26 Å². The topological polar surface area (TPSA) is 133 Å². The highest BCUT2D eigenvalue weighted by atomic mass is 32.2. The third kappa shape index (κ3) is 7.18. The first-order valence-electron chi connectivity index (χ1n) is 12.4. The fraction of sp³-hybridized carbons (Fsp3) is 0.333. The number of tetrazole rings is 1. The Bertz CT molecular complexity index is 1500. The van der Waals surface area contributed by atoms with E-state index in [1.807, 2.05) is 43.3 Å². The molecule has 12 nitrogen and oxygen atoms in total. The molecule has 2 aromatic carbocycles. The Morgan fingerprint density at radius 3 is 2.24 bits per heavy atom. The number of hydrogen-bond acceptors (Lipinski definition) is 13. The molecular formula is C27H30N8O4S2. The molecule has 0 fully saturated rings. The number of thioether (sulfide) groups is 1. The maximum Gasteiger partial charge on any atom is 0.215 e. The van der Waals surface area contributed by atoms with E-state index in [1.54, 1.807) is 23.9 Å². The first kappa shape index (κ1) is 29.9. The first-order valence-corrected chi connectivity index (χ1v) is 14.2. The molecule has 41 heavy (non-hydrogen) atoms. The van der Waals surface area contributed by atoms with E-state index in [2.05, 4.69) is 21.6 Å². The minimum atomic E-state index is 0.278. The molecule has 2 heterocycles. The van der Waals surface area contributed by atoms with Gasteiger partial charge in [0.05, 0.1) is 40.7 Å². The fourth-order valence-corrected chi connectivity index (χ4v) is 5.46. The van der Waals surface area contributed by atoms with Crippen LogP contribution in [-0.4, -0.2) is 84.2 Å².